The van der Waals surface area contributed by atoms with Gasteiger partial charge in [-0.15, -0.1) is 0 Å². The minimum absolute atomic E-state index is 0.313. The first-order chi connectivity index (χ1) is 6.16. The number of aromatic nitrogens is 1. The summed E-state index contributed by atoms with van der Waals surface area (Å²) in [6.45, 7) is 6.26. The molecular formula is C9H13NO2S. The molecule has 0 saturated heterocycles. The Morgan fingerprint density at radius 2 is 2.38 bits per heavy atom. The third-order valence-corrected chi connectivity index (χ3v) is 2.34. The lowest BCUT2D eigenvalue weighted by Gasteiger charge is -2.04. The number of carbonyl (C=O) groups is 1. The average Bonchev–Trinajstić information content (AvgIpc) is 2.52. The van der Waals surface area contributed by atoms with Crippen LogP contribution >= 0.6 is 11.5 Å². The topological polar surface area (TPSA) is 39.2 Å². The molecule has 1 heterocycles. The molecule has 13 heavy (non-hydrogen) atoms. The van der Waals surface area contributed by atoms with E-state index >= 15 is 0 Å². The lowest BCUT2D eigenvalue weighted by atomic mass is 10.1. The van der Waals surface area contributed by atoms with Crippen LogP contribution in [-0.2, 0) is 4.74 Å². The number of hydrogen-bond acceptors (Lipinski definition) is 4. The number of nitrogens with zero attached hydrogens (tertiary/aromatic N) is 1. The highest BCUT2D eigenvalue weighted by atomic mass is 32.1. The summed E-state index contributed by atoms with van der Waals surface area (Å²) in [5.41, 5.74) is 1.45. The number of ether oxygens (including phenoxy) is 1. The standard InChI is InChI=1S/C9H13NO2S/c1-4-12-9(11)8-7(6(2)3)5-13-10-8/h5-6H,4H2,1-3H3. The monoisotopic (exact) mass is 199 g/mol. The molecule has 0 atom stereocenters. The molecule has 0 radical (unpaired) electrons. The van der Waals surface area contributed by atoms with Gasteiger partial charge in [0.25, 0.3) is 0 Å². The van der Waals surface area contributed by atoms with Crippen LogP contribution in [0.5, 0.6) is 0 Å². The van der Waals surface area contributed by atoms with Crippen molar-refractivity contribution < 1.29 is 9.53 Å². The van der Waals surface area contributed by atoms with Gasteiger partial charge >= 0.3 is 5.97 Å². The molecule has 3 nitrogen and oxygen atoms in total. The molecule has 0 spiro atoms. The molecule has 1 aromatic heterocycles. The van der Waals surface area contributed by atoms with E-state index in [1.165, 1.54) is 11.5 Å². The molecule has 0 bridgehead atoms. The van der Waals surface area contributed by atoms with Crippen molar-refractivity contribution in [1.29, 1.82) is 0 Å². The van der Waals surface area contributed by atoms with Crippen LogP contribution in [-0.4, -0.2) is 16.9 Å². The fourth-order valence-electron chi connectivity index (χ4n) is 1.01. The summed E-state index contributed by atoms with van der Waals surface area (Å²) in [4.78, 5) is 11.4. The fourth-order valence-corrected chi connectivity index (χ4v) is 1.84. The predicted octanol–water partition coefficient (Wildman–Crippen LogP) is 2.44. The van der Waals surface area contributed by atoms with Gasteiger partial charge in [0.1, 0.15) is 0 Å². The normalized spacial score (nSPS) is 10.5. The first-order valence-electron chi connectivity index (χ1n) is 4.28. The highest BCUT2D eigenvalue weighted by Crippen LogP contribution is 2.21. The van der Waals surface area contributed by atoms with E-state index in [0.29, 0.717) is 18.2 Å². The Morgan fingerprint density at radius 3 is 2.92 bits per heavy atom. The molecule has 0 aliphatic carbocycles. The minimum Gasteiger partial charge on any atom is -0.461 e. The number of carbonyl (C=O) groups excluding carboxylic acids is 1. The second-order valence-corrected chi connectivity index (χ2v) is 3.62. The number of hydrogen-bond donors (Lipinski definition) is 0. The van der Waals surface area contributed by atoms with Gasteiger partial charge in [-0.1, -0.05) is 13.8 Å². The van der Waals surface area contributed by atoms with Crippen LogP contribution in [0.1, 0.15) is 42.7 Å². The molecule has 0 unspecified atom stereocenters. The molecule has 0 amide bonds. The Labute approximate surface area is 81.9 Å². The molecule has 0 aromatic carbocycles. The maximum Gasteiger partial charge on any atom is 0.358 e. The molecule has 1 rings (SSSR count). The lowest BCUT2D eigenvalue weighted by Crippen LogP contribution is -2.08. The molecule has 72 valence electrons. The van der Waals surface area contributed by atoms with Crippen molar-refractivity contribution in [2.75, 3.05) is 6.61 Å². The quantitative estimate of drug-likeness (QED) is 0.702. The molecule has 1 aromatic rings. The van der Waals surface area contributed by atoms with E-state index in [1.807, 2.05) is 19.2 Å². The molecule has 0 N–H and O–H groups in total. The third-order valence-electron chi connectivity index (χ3n) is 1.69. The Kier molecular flexibility index (Phi) is 3.42. The van der Waals surface area contributed by atoms with Gasteiger partial charge in [0.05, 0.1) is 6.61 Å². The minimum atomic E-state index is -0.313. The Bertz CT molecular complexity index is 294. The van der Waals surface area contributed by atoms with Gasteiger partial charge in [0.2, 0.25) is 0 Å². The van der Waals surface area contributed by atoms with E-state index in [-0.39, 0.29) is 5.97 Å². The van der Waals surface area contributed by atoms with Gasteiger partial charge in [0.15, 0.2) is 5.69 Å². The molecule has 0 fully saturated rings. The zero-order valence-corrected chi connectivity index (χ0v) is 8.85. The van der Waals surface area contributed by atoms with Crippen LogP contribution in [0.15, 0.2) is 5.38 Å². The van der Waals surface area contributed by atoms with Crippen LogP contribution in [0.2, 0.25) is 0 Å². The summed E-state index contributed by atoms with van der Waals surface area (Å²) in [7, 11) is 0. The second kappa shape index (κ2) is 4.37. The summed E-state index contributed by atoms with van der Waals surface area (Å²) in [5, 5.41) is 1.90. The lowest BCUT2D eigenvalue weighted by molar-refractivity contribution is 0.0519. The molecule has 4 heteroatoms. The first kappa shape index (κ1) is 10.2. The van der Waals surface area contributed by atoms with Crippen molar-refractivity contribution >= 4 is 17.5 Å². The summed E-state index contributed by atoms with van der Waals surface area (Å²) < 4.78 is 8.91. The van der Waals surface area contributed by atoms with Gasteiger partial charge in [-0.3, -0.25) is 0 Å². The third kappa shape index (κ3) is 2.28. The zero-order chi connectivity index (χ0) is 9.84. The largest absolute Gasteiger partial charge is 0.461 e. The van der Waals surface area contributed by atoms with E-state index < -0.39 is 0 Å². The van der Waals surface area contributed by atoms with Crippen LogP contribution in [0.3, 0.4) is 0 Å². The maximum absolute atomic E-state index is 11.4. The molecule has 0 saturated carbocycles. The Hall–Kier alpha value is -0.900. The average molecular weight is 199 g/mol. The van der Waals surface area contributed by atoms with E-state index in [1.54, 1.807) is 6.92 Å². The van der Waals surface area contributed by atoms with E-state index in [4.69, 9.17) is 4.74 Å². The summed E-state index contributed by atoms with van der Waals surface area (Å²) >= 11 is 1.30. The van der Waals surface area contributed by atoms with Crippen LogP contribution < -0.4 is 0 Å². The summed E-state index contributed by atoms with van der Waals surface area (Å²) in [6, 6.07) is 0. The van der Waals surface area contributed by atoms with Gasteiger partial charge in [-0.05, 0) is 24.4 Å². The maximum atomic E-state index is 11.4. The van der Waals surface area contributed by atoms with E-state index in [2.05, 4.69) is 4.37 Å². The summed E-state index contributed by atoms with van der Waals surface area (Å²) in [5.74, 6) is 0.00519. The van der Waals surface area contributed by atoms with Crippen molar-refractivity contribution in [3.63, 3.8) is 0 Å². The van der Waals surface area contributed by atoms with Crippen LogP contribution in [0.25, 0.3) is 0 Å². The van der Waals surface area contributed by atoms with E-state index in [9.17, 15) is 4.79 Å². The van der Waals surface area contributed by atoms with Crippen molar-refractivity contribution in [2.45, 2.75) is 26.7 Å². The summed E-state index contributed by atoms with van der Waals surface area (Å²) in [6.07, 6.45) is 0. The molecule has 0 aliphatic rings. The van der Waals surface area contributed by atoms with Crippen LogP contribution in [0.4, 0.5) is 0 Å². The highest BCUT2D eigenvalue weighted by molar-refractivity contribution is 7.03. The Balaban J connectivity index is 2.87. The zero-order valence-electron chi connectivity index (χ0n) is 8.03. The van der Waals surface area contributed by atoms with Gasteiger partial charge in [-0.25, -0.2) is 4.79 Å². The van der Waals surface area contributed by atoms with Crippen molar-refractivity contribution in [3.8, 4) is 0 Å². The first-order valence-corrected chi connectivity index (χ1v) is 5.11. The van der Waals surface area contributed by atoms with Gasteiger partial charge < -0.3 is 4.74 Å². The van der Waals surface area contributed by atoms with Crippen LogP contribution in [0, 0.1) is 0 Å². The van der Waals surface area contributed by atoms with Gasteiger partial charge in [-0.2, -0.15) is 4.37 Å². The second-order valence-electron chi connectivity index (χ2n) is 2.99. The van der Waals surface area contributed by atoms with E-state index in [0.717, 1.165) is 5.56 Å². The SMILES string of the molecule is CCOC(=O)c1nscc1C(C)C. The predicted molar refractivity (Wildman–Crippen MR) is 52.2 cm³/mol. The molecular weight excluding hydrogens is 186 g/mol. The fraction of sp³-hybridized carbons (Fsp3) is 0.556. The smallest absolute Gasteiger partial charge is 0.358 e. The highest BCUT2D eigenvalue weighted by Gasteiger charge is 2.17. The molecule has 0 aliphatic heterocycles. The van der Waals surface area contributed by atoms with Gasteiger partial charge in [0, 0.05) is 10.9 Å². The van der Waals surface area contributed by atoms with Crippen molar-refractivity contribution in [1.82, 2.24) is 4.37 Å². The van der Waals surface area contributed by atoms with Crippen molar-refractivity contribution in [3.05, 3.63) is 16.6 Å². The number of esters is 1. The number of rotatable bonds is 3. The van der Waals surface area contributed by atoms with Crippen molar-refractivity contribution in [2.24, 2.45) is 0 Å². The Morgan fingerprint density at radius 1 is 1.69 bits per heavy atom.